The summed E-state index contributed by atoms with van der Waals surface area (Å²) in [4.78, 5) is 12.6. The highest BCUT2D eigenvalue weighted by molar-refractivity contribution is 7.93. The molecule has 1 aromatic carbocycles. The molecule has 1 spiro atoms. The number of aliphatic hydroxyl groups excluding tert-OH is 2. The fraction of sp³-hybridized carbons (Fsp3) is 0.526. The molecule has 0 saturated carbocycles. The Morgan fingerprint density at radius 3 is 2.47 bits per heavy atom. The van der Waals surface area contributed by atoms with Gasteiger partial charge < -0.3 is 24.4 Å². The summed E-state index contributed by atoms with van der Waals surface area (Å²) in [6.45, 7) is 0.861. The molecule has 1 heterocycles. The average Bonchev–Trinajstić information content (AvgIpc) is 3.06. The third-order valence-corrected chi connectivity index (χ3v) is 7.04. The summed E-state index contributed by atoms with van der Waals surface area (Å²) in [5.74, 6) is -2.24. The van der Waals surface area contributed by atoms with Gasteiger partial charge in [0.2, 0.25) is 10.0 Å². The maximum absolute atomic E-state index is 13.1. The number of esters is 1. The van der Waals surface area contributed by atoms with Crippen LogP contribution in [0.2, 0.25) is 5.02 Å². The SMILES string of the molecule is CCOC(=O)C1=CC2(CCC1S(=O)(=O)Nc1ccccc1Cl)OC(CO)C(CO)O2. The molecule has 1 aromatic rings. The van der Waals surface area contributed by atoms with Crippen molar-refractivity contribution >= 4 is 33.3 Å². The number of ether oxygens (including phenoxy) is 3. The molecule has 0 amide bonds. The molecule has 3 unspecified atom stereocenters. The molecule has 3 atom stereocenters. The summed E-state index contributed by atoms with van der Waals surface area (Å²) >= 11 is 6.06. The number of hydrogen-bond acceptors (Lipinski definition) is 8. The first-order valence-corrected chi connectivity index (χ1v) is 11.4. The predicted molar refractivity (Wildman–Crippen MR) is 108 cm³/mol. The lowest BCUT2D eigenvalue weighted by Crippen LogP contribution is -2.42. The van der Waals surface area contributed by atoms with E-state index >= 15 is 0 Å². The van der Waals surface area contributed by atoms with Gasteiger partial charge in [0.05, 0.1) is 36.1 Å². The zero-order chi connectivity index (χ0) is 21.9. The molecule has 166 valence electrons. The Morgan fingerprint density at radius 2 is 1.90 bits per heavy atom. The summed E-state index contributed by atoms with van der Waals surface area (Å²) in [7, 11) is -4.07. The Balaban J connectivity index is 1.95. The van der Waals surface area contributed by atoms with E-state index in [2.05, 4.69) is 4.72 Å². The van der Waals surface area contributed by atoms with Crippen LogP contribution in [0.5, 0.6) is 0 Å². The number of aliphatic hydroxyl groups is 2. The fourth-order valence-corrected chi connectivity index (χ4v) is 5.37. The highest BCUT2D eigenvalue weighted by atomic mass is 35.5. The molecule has 1 aliphatic carbocycles. The van der Waals surface area contributed by atoms with Crippen molar-refractivity contribution in [2.24, 2.45) is 0 Å². The quantitative estimate of drug-likeness (QED) is 0.516. The van der Waals surface area contributed by atoms with Gasteiger partial charge in [-0.25, -0.2) is 13.2 Å². The lowest BCUT2D eigenvalue weighted by atomic mass is 9.94. The predicted octanol–water partition coefficient (Wildman–Crippen LogP) is 1.20. The maximum Gasteiger partial charge on any atom is 0.335 e. The van der Waals surface area contributed by atoms with Crippen LogP contribution < -0.4 is 4.72 Å². The summed E-state index contributed by atoms with van der Waals surface area (Å²) in [5.41, 5.74) is 0.0506. The van der Waals surface area contributed by atoms with Gasteiger partial charge in [0.15, 0.2) is 5.79 Å². The standard InChI is InChI=1S/C19H24ClNO8S/c1-2-27-18(24)12-9-19(28-15(10-22)16(11-23)29-19)8-7-17(12)30(25,26)21-14-6-4-3-5-13(14)20/h3-6,9,15-17,21-23H,2,7-8,10-11H2,1H3. The zero-order valence-corrected chi connectivity index (χ0v) is 17.9. The Bertz CT molecular complexity index is 907. The van der Waals surface area contributed by atoms with Gasteiger partial charge in [-0.2, -0.15) is 0 Å². The Kier molecular flexibility index (Phi) is 7.05. The van der Waals surface area contributed by atoms with Gasteiger partial charge in [0.25, 0.3) is 0 Å². The zero-order valence-electron chi connectivity index (χ0n) is 16.3. The van der Waals surface area contributed by atoms with Gasteiger partial charge in [-0.1, -0.05) is 23.7 Å². The smallest absolute Gasteiger partial charge is 0.335 e. The number of hydrogen-bond donors (Lipinski definition) is 3. The molecular formula is C19H24ClNO8S. The number of anilines is 1. The van der Waals surface area contributed by atoms with Gasteiger partial charge in [-0.3, -0.25) is 4.72 Å². The number of benzene rings is 1. The topological polar surface area (TPSA) is 131 Å². The van der Waals surface area contributed by atoms with Crippen molar-refractivity contribution in [3.63, 3.8) is 0 Å². The van der Waals surface area contributed by atoms with Crippen LogP contribution in [0, 0.1) is 0 Å². The molecule has 1 saturated heterocycles. The molecule has 3 rings (SSSR count). The van der Waals surface area contributed by atoms with Gasteiger partial charge in [-0.05, 0) is 31.6 Å². The summed E-state index contributed by atoms with van der Waals surface area (Å²) in [6.07, 6.45) is -0.241. The number of carbonyl (C=O) groups is 1. The van der Waals surface area contributed by atoms with Crippen LogP contribution in [0.3, 0.4) is 0 Å². The number of para-hydroxylation sites is 1. The first-order chi connectivity index (χ1) is 14.2. The Hall–Kier alpha value is -1.69. The molecule has 1 fully saturated rings. The van der Waals surface area contributed by atoms with Crippen LogP contribution in [-0.4, -0.2) is 67.7 Å². The molecule has 3 N–H and O–H groups in total. The van der Waals surface area contributed by atoms with Gasteiger partial charge in [0.1, 0.15) is 17.5 Å². The minimum absolute atomic E-state index is 0.0132. The van der Waals surface area contributed by atoms with E-state index in [9.17, 15) is 23.4 Å². The highest BCUT2D eigenvalue weighted by Gasteiger charge is 2.51. The molecule has 0 bridgehead atoms. The van der Waals surface area contributed by atoms with E-state index in [1.807, 2.05) is 0 Å². The van der Waals surface area contributed by atoms with E-state index < -0.39 is 52.5 Å². The van der Waals surface area contributed by atoms with E-state index in [1.54, 1.807) is 25.1 Å². The monoisotopic (exact) mass is 461 g/mol. The van der Waals surface area contributed by atoms with Crippen LogP contribution in [0.25, 0.3) is 0 Å². The van der Waals surface area contributed by atoms with Crippen LogP contribution >= 0.6 is 11.6 Å². The van der Waals surface area contributed by atoms with E-state index in [4.69, 9.17) is 25.8 Å². The summed E-state index contributed by atoms with van der Waals surface area (Å²) in [5, 5.41) is 17.9. The second-order valence-electron chi connectivity index (χ2n) is 6.96. The Morgan fingerprint density at radius 1 is 1.27 bits per heavy atom. The maximum atomic E-state index is 13.1. The van der Waals surface area contributed by atoms with Crippen molar-refractivity contribution in [3.8, 4) is 0 Å². The van der Waals surface area contributed by atoms with Crippen molar-refractivity contribution in [3.05, 3.63) is 40.9 Å². The molecule has 0 radical (unpaired) electrons. The molecule has 2 aliphatic rings. The van der Waals surface area contributed by atoms with Crippen molar-refractivity contribution in [2.75, 3.05) is 24.5 Å². The lowest BCUT2D eigenvalue weighted by molar-refractivity contribution is -0.154. The molecular weight excluding hydrogens is 438 g/mol. The van der Waals surface area contributed by atoms with Crippen molar-refractivity contribution < 1.29 is 37.6 Å². The second-order valence-corrected chi connectivity index (χ2v) is 9.23. The third-order valence-electron chi connectivity index (χ3n) is 4.97. The molecule has 30 heavy (non-hydrogen) atoms. The number of sulfonamides is 1. The molecule has 0 aromatic heterocycles. The van der Waals surface area contributed by atoms with Gasteiger partial charge >= 0.3 is 5.97 Å². The normalized spacial score (nSPS) is 28.9. The fourth-order valence-electron chi connectivity index (χ4n) is 3.57. The van der Waals surface area contributed by atoms with Crippen LogP contribution in [0.4, 0.5) is 5.69 Å². The molecule has 1 aliphatic heterocycles. The third kappa shape index (κ3) is 4.63. The lowest BCUT2D eigenvalue weighted by Gasteiger charge is -2.33. The van der Waals surface area contributed by atoms with Gasteiger partial charge in [-0.15, -0.1) is 0 Å². The van der Waals surface area contributed by atoms with Crippen LogP contribution in [-0.2, 0) is 29.0 Å². The van der Waals surface area contributed by atoms with E-state index in [-0.39, 0.29) is 35.7 Å². The summed E-state index contributed by atoms with van der Waals surface area (Å²) < 4.78 is 45.2. The van der Waals surface area contributed by atoms with Crippen molar-refractivity contribution in [2.45, 2.75) is 43.0 Å². The average molecular weight is 462 g/mol. The first-order valence-electron chi connectivity index (χ1n) is 9.48. The molecule has 9 nitrogen and oxygen atoms in total. The highest BCUT2D eigenvalue weighted by Crippen LogP contribution is 2.41. The van der Waals surface area contributed by atoms with Crippen LogP contribution in [0.1, 0.15) is 19.8 Å². The van der Waals surface area contributed by atoms with E-state index in [0.29, 0.717) is 0 Å². The minimum Gasteiger partial charge on any atom is -0.463 e. The van der Waals surface area contributed by atoms with Crippen molar-refractivity contribution in [1.29, 1.82) is 0 Å². The van der Waals surface area contributed by atoms with E-state index in [1.165, 1.54) is 12.1 Å². The van der Waals surface area contributed by atoms with Gasteiger partial charge in [0, 0.05) is 6.42 Å². The minimum atomic E-state index is -4.07. The number of nitrogens with one attached hydrogen (secondary N) is 1. The van der Waals surface area contributed by atoms with Crippen LogP contribution in [0.15, 0.2) is 35.9 Å². The summed E-state index contributed by atoms with van der Waals surface area (Å²) in [6, 6.07) is 6.35. The largest absolute Gasteiger partial charge is 0.463 e. The Labute approximate surface area is 179 Å². The first kappa shape index (κ1) is 23.0. The number of rotatable bonds is 7. The molecule has 11 heteroatoms. The van der Waals surface area contributed by atoms with Crippen molar-refractivity contribution in [1.82, 2.24) is 0 Å². The van der Waals surface area contributed by atoms with E-state index in [0.717, 1.165) is 0 Å². The second kappa shape index (κ2) is 9.21. The number of carbonyl (C=O) groups excluding carboxylic acids is 1. The number of halogens is 1.